The normalized spacial score (nSPS) is 18.1. The van der Waals surface area contributed by atoms with Crippen molar-refractivity contribution in [2.45, 2.75) is 6.10 Å². The van der Waals surface area contributed by atoms with Crippen molar-refractivity contribution in [3.63, 3.8) is 0 Å². The van der Waals surface area contributed by atoms with Crippen LogP contribution < -0.4 is 23.2 Å². The summed E-state index contributed by atoms with van der Waals surface area (Å²) in [5, 5.41) is 8.89. The number of amides is 1. The number of fused-ring (bicyclic) bond motifs is 1. The van der Waals surface area contributed by atoms with Gasteiger partial charge in [0, 0.05) is 17.8 Å². The molecule has 0 unspecified atom stereocenters. The summed E-state index contributed by atoms with van der Waals surface area (Å²) in [4.78, 5) is 15.5. The molecule has 1 amide bonds. The number of anilines is 1. The van der Waals surface area contributed by atoms with Gasteiger partial charge in [0.05, 0.1) is 11.3 Å². The Balaban J connectivity index is 1.31. The van der Waals surface area contributed by atoms with Crippen LogP contribution in [-0.2, 0) is 15.0 Å². The summed E-state index contributed by atoms with van der Waals surface area (Å²) in [5.74, 6) is 1.27. The van der Waals surface area contributed by atoms with E-state index in [4.69, 9.17) is 19.5 Å². The summed E-state index contributed by atoms with van der Waals surface area (Å²) in [6, 6.07) is 17.1. The standard InChI is InChI=1S/C22H16N4O6S/c23-10-14-4-9-21(24-11-14)32-18-3-1-2-17-19(13-30-22(17)18)31-16-7-5-15(6-8-16)26-12-20(27)25-33(26,28)29/h1-9,11,19H,12-13H2,(H,25,27)/t19-/m1/s1. The number of carbonyl (C=O) groups excluding carboxylic acids is 1. The molecule has 0 bridgehead atoms. The molecule has 2 aliphatic rings. The molecule has 1 aromatic heterocycles. The van der Waals surface area contributed by atoms with Gasteiger partial charge in [0.1, 0.15) is 25.0 Å². The first-order valence-electron chi connectivity index (χ1n) is 9.83. The molecule has 2 aromatic carbocycles. The molecular formula is C22H16N4O6S. The van der Waals surface area contributed by atoms with Crippen LogP contribution in [0, 0.1) is 11.3 Å². The molecule has 1 saturated heterocycles. The molecule has 0 radical (unpaired) electrons. The number of rotatable bonds is 5. The van der Waals surface area contributed by atoms with Crippen molar-refractivity contribution in [1.82, 2.24) is 9.71 Å². The quantitative estimate of drug-likeness (QED) is 0.609. The second-order valence-electron chi connectivity index (χ2n) is 7.22. The number of benzene rings is 2. The minimum atomic E-state index is -3.86. The molecule has 5 rings (SSSR count). The summed E-state index contributed by atoms with van der Waals surface area (Å²) in [7, 11) is -3.86. The van der Waals surface area contributed by atoms with Gasteiger partial charge >= 0.3 is 10.2 Å². The molecule has 166 valence electrons. The molecule has 1 atom stereocenters. The average molecular weight is 464 g/mol. The lowest BCUT2D eigenvalue weighted by atomic mass is 10.1. The summed E-state index contributed by atoms with van der Waals surface area (Å²) in [6.45, 7) is 0.000430. The van der Waals surface area contributed by atoms with Crippen molar-refractivity contribution in [2.75, 3.05) is 17.5 Å². The van der Waals surface area contributed by atoms with Gasteiger partial charge in [-0.25, -0.2) is 14.0 Å². The third kappa shape index (κ3) is 3.99. The van der Waals surface area contributed by atoms with Gasteiger partial charge in [-0.1, -0.05) is 12.1 Å². The summed E-state index contributed by atoms with van der Waals surface area (Å²) < 4.78 is 44.6. The number of para-hydroxylation sites is 1. The zero-order valence-corrected chi connectivity index (χ0v) is 17.8. The second-order valence-corrected chi connectivity index (χ2v) is 8.82. The van der Waals surface area contributed by atoms with E-state index in [-0.39, 0.29) is 13.2 Å². The van der Waals surface area contributed by atoms with E-state index in [2.05, 4.69) is 4.98 Å². The number of nitrogens with zero attached hydrogens (tertiary/aromatic N) is 3. The topological polar surface area (TPSA) is 131 Å². The largest absolute Gasteiger partial charge is 0.485 e. The highest BCUT2D eigenvalue weighted by Crippen LogP contribution is 2.43. The van der Waals surface area contributed by atoms with Crippen molar-refractivity contribution in [3.8, 4) is 29.2 Å². The van der Waals surface area contributed by atoms with Gasteiger partial charge in [0.2, 0.25) is 5.88 Å². The molecule has 1 fully saturated rings. The molecule has 3 aromatic rings. The number of aromatic nitrogens is 1. The van der Waals surface area contributed by atoms with Crippen LogP contribution in [0.25, 0.3) is 0 Å². The molecule has 3 heterocycles. The van der Waals surface area contributed by atoms with Crippen molar-refractivity contribution >= 4 is 21.8 Å². The zero-order chi connectivity index (χ0) is 23.0. The Hall–Kier alpha value is -4.30. The number of hydrogen-bond acceptors (Lipinski definition) is 8. The Morgan fingerprint density at radius 2 is 1.97 bits per heavy atom. The summed E-state index contributed by atoms with van der Waals surface area (Å²) >= 11 is 0. The van der Waals surface area contributed by atoms with Crippen LogP contribution in [0.2, 0.25) is 0 Å². The molecular weight excluding hydrogens is 448 g/mol. The maximum absolute atomic E-state index is 12.0. The number of ether oxygens (including phenoxy) is 3. The summed E-state index contributed by atoms with van der Waals surface area (Å²) in [5.41, 5.74) is 1.58. The van der Waals surface area contributed by atoms with Crippen molar-refractivity contribution in [2.24, 2.45) is 0 Å². The number of nitrogens with one attached hydrogen (secondary N) is 1. The van der Waals surface area contributed by atoms with Crippen molar-refractivity contribution in [3.05, 3.63) is 71.9 Å². The van der Waals surface area contributed by atoms with Crippen LogP contribution in [0.3, 0.4) is 0 Å². The number of carbonyl (C=O) groups is 1. The molecule has 11 heteroatoms. The fourth-order valence-corrected chi connectivity index (χ4v) is 4.67. The maximum Gasteiger partial charge on any atom is 0.326 e. The highest BCUT2D eigenvalue weighted by molar-refractivity contribution is 7.92. The molecule has 33 heavy (non-hydrogen) atoms. The van der Waals surface area contributed by atoms with Crippen LogP contribution in [0.5, 0.6) is 23.1 Å². The third-order valence-corrected chi connectivity index (χ3v) is 6.44. The Bertz CT molecular complexity index is 1370. The predicted molar refractivity (Wildman–Crippen MR) is 115 cm³/mol. The lowest BCUT2D eigenvalue weighted by Crippen LogP contribution is -2.29. The Morgan fingerprint density at radius 3 is 2.64 bits per heavy atom. The Kier molecular flexibility index (Phi) is 4.99. The van der Waals surface area contributed by atoms with Crippen LogP contribution in [0.4, 0.5) is 5.69 Å². The van der Waals surface area contributed by atoms with E-state index < -0.39 is 22.2 Å². The van der Waals surface area contributed by atoms with E-state index in [1.807, 2.05) is 22.9 Å². The van der Waals surface area contributed by atoms with E-state index >= 15 is 0 Å². The molecule has 1 N–H and O–H groups in total. The predicted octanol–water partition coefficient (Wildman–Crippen LogP) is 2.44. The van der Waals surface area contributed by atoms with Gasteiger partial charge < -0.3 is 14.2 Å². The first-order chi connectivity index (χ1) is 15.9. The first kappa shape index (κ1) is 20.6. The molecule has 10 nitrogen and oxygen atoms in total. The molecule has 2 aliphatic heterocycles. The Morgan fingerprint density at radius 1 is 1.15 bits per heavy atom. The van der Waals surface area contributed by atoms with Crippen molar-refractivity contribution in [1.29, 1.82) is 5.26 Å². The second kappa shape index (κ2) is 7.99. The minimum absolute atomic E-state index is 0.261. The number of pyridine rings is 1. The van der Waals surface area contributed by atoms with Gasteiger partial charge in [-0.05, 0) is 36.4 Å². The van der Waals surface area contributed by atoms with Crippen LogP contribution in [0.1, 0.15) is 17.2 Å². The van der Waals surface area contributed by atoms with Gasteiger partial charge in [0.25, 0.3) is 5.91 Å². The molecule has 0 spiro atoms. The molecule has 0 aliphatic carbocycles. The van der Waals surface area contributed by atoms with Gasteiger partial charge in [0.15, 0.2) is 17.6 Å². The van der Waals surface area contributed by atoms with Crippen LogP contribution >= 0.6 is 0 Å². The zero-order valence-electron chi connectivity index (χ0n) is 17.0. The van der Waals surface area contributed by atoms with E-state index in [9.17, 15) is 13.2 Å². The van der Waals surface area contributed by atoms with E-state index in [0.717, 1.165) is 9.87 Å². The van der Waals surface area contributed by atoms with Crippen LogP contribution in [0.15, 0.2) is 60.8 Å². The first-order valence-corrected chi connectivity index (χ1v) is 11.3. The van der Waals surface area contributed by atoms with Gasteiger partial charge in [-0.3, -0.25) is 4.79 Å². The Labute approximate surface area is 189 Å². The van der Waals surface area contributed by atoms with E-state index in [1.54, 1.807) is 42.5 Å². The fraction of sp³-hybridized carbons (Fsp3) is 0.136. The van der Waals surface area contributed by atoms with Gasteiger partial charge in [-0.15, -0.1) is 0 Å². The van der Waals surface area contributed by atoms with E-state index in [0.29, 0.717) is 34.4 Å². The third-order valence-electron chi connectivity index (χ3n) is 5.04. The van der Waals surface area contributed by atoms with Gasteiger partial charge in [-0.2, -0.15) is 13.7 Å². The minimum Gasteiger partial charge on any atom is -0.485 e. The number of hydrogen-bond donors (Lipinski definition) is 1. The average Bonchev–Trinajstić information content (AvgIpc) is 3.34. The lowest BCUT2D eigenvalue weighted by molar-refractivity contribution is -0.117. The fourth-order valence-electron chi connectivity index (χ4n) is 3.52. The maximum atomic E-state index is 12.0. The monoisotopic (exact) mass is 464 g/mol. The van der Waals surface area contributed by atoms with Crippen molar-refractivity contribution < 1.29 is 27.4 Å². The van der Waals surface area contributed by atoms with E-state index in [1.165, 1.54) is 6.20 Å². The van der Waals surface area contributed by atoms with Crippen LogP contribution in [-0.4, -0.2) is 32.5 Å². The summed E-state index contributed by atoms with van der Waals surface area (Å²) in [6.07, 6.45) is 1.02. The molecule has 0 saturated carbocycles. The SMILES string of the molecule is N#Cc1ccc(Oc2cccc3c2OC[C@H]3Oc2ccc(N3CC(=O)NS3(=O)=O)cc2)nc1. The smallest absolute Gasteiger partial charge is 0.326 e. The lowest BCUT2D eigenvalue weighted by Gasteiger charge is -2.16. The highest BCUT2D eigenvalue weighted by atomic mass is 32.2. The highest BCUT2D eigenvalue weighted by Gasteiger charge is 2.34. The number of nitriles is 1.